The molecule has 1 saturated heterocycles. The zero-order chi connectivity index (χ0) is 20.5. The van der Waals surface area contributed by atoms with Crippen LogP contribution in [0.4, 0.5) is 8.78 Å². The van der Waals surface area contributed by atoms with Crippen molar-refractivity contribution < 1.29 is 23.0 Å². The number of halogens is 3. The van der Waals surface area contributed by atoms with Crippen LogP contribution in [0.3, 0.4) is 0 Å². The number of hydrogen-bond donors (Lipinski definition) is 2. The van der Waals surface area contributed by atoms with Crippen molar-refractivity contribution in [2.45, 2.75) is 32.4 Å². The first-order valence-corrected chi connectivity index (χ1v) is 9.24. The largest absolute Gasteiger partial charge is 0.493 e. The lowest BCUT2D eigenvalue weighted by Crippen LogP contribution is -2.45. The fraction of sp³-hybridized carbons (Fsp3) is 0.579. The van der Waals surface area contributed by atoms with Crippen LogP contribution in [0, 0.1) is 5.92 Å². The third-order valence-electron chi connectivity index (χ3n) is 4.77. The number of hydrogen-bond acceptors (Lipinski definition) is 4. The van der Waals surface area contributed by atoms with E-state index in [1.54, 1.807) is 26.2 Å². The van der Waals surface area contributed by atoms with Gasteiger partial charge in [-0.1, -0.05) is 6.07 Å². The summed E-state index contributed by atoms with van der Waals surface area (Å²) in [5.74, 6) is 1.45. The van der Waals surface area contributed by atoms with E-state index in [0.717, 1.165) is 37.5 Å². The Morgan fingerprint density at radius 2 is 2.00 bits per heavy atom. The number of aliphatic imine (C=N–C) groups is 1. The molecule has 2 N–H and O–H groups in total. The molecule has 0 bridgehead atoms. The summed E-state index contributed by atoms with van der Waals surface area (Å²) in [5.41, 5.74) is 0.770. The van der Waals surface area contributed by atoms with Gasteiger partial charge in [0.25, 0.3) is 0 Å². The standard InChI is InChI=1S/C19H28F2N4O3.HI/c1-22-17(26)11-13-6-8-25(9-7-13)19(23-2)24-12-14-4-5-15(27-3)16(10-14)28-18(20)21;/h4-5,10,13,18H,6-9,11-12H2,1-3H3,(H,22,26)(H,23,24);1H. The van der Waals surface area contributed by atoms with Crippen LogP contribution in [0.5, 0.6) is 11.5 Å². The van der Waals surface area contributed by atoms with E-state index in [9.17, 15) is 13.6 Å². The highest BCUT2D eigenvalue weighted by atomic mass is 127. The highest BCUT2D eigenvalue weighted by Crippen LogP contribution is 2.29. The number of benzene rings is 1. The maximum atomic E-state index is 12.6. The van der Waals surface area contributed by atoms with E-state index in [1.165, 1.54) is 13.2 Å². The Morgan fingerprint density at radius 1 is 1.31 bits per heavy atom. The Labute approximate surface area is 187 Å². The molecule has 1 heterocycles. The Kier molecular flexibility index (Phi) is 11.0. The zero-order valence-electron chi connectivity index (χ0n) is 16.9. The second kappa shape index (κ2) is 12.7. The lowest BCUT2D eigenvalue weighted by molar-refractivity contribution is -0.121. The molecule has 0 unspecified atom stereocenters. The molecule has 1 aliphatic heterocycles. The minimum Gasteiger partial charge on any atom is -0.493 e. The topological polar surface area (TPSA) is 75.2 Å². The highest BCUT2D eigenvalue weighted by molar-refractivity contribution is 14.0. The Balaban J connectivity index is 0.00000420. The molecule has 0 saturated carbocycles. The van der Waals surface area contributed by atoms with Crippen LogP contribution in [0.15, 0.2) is 23.2 Å². The van der Waals surface area contributed by atoms with Gasteiger partial charge in [-0.05, 0) is 36.5 Å². The van der Waals surface area contributed by atoms with Crippen LogP contribution in [0.25, 0.3) is 0 Å². The predicted octanol–water partition coefficient (Wildman–Crippen LogP) is 2.84. The number of amides is 1. The summed E-state index contributed by atoms with van der Waals surface area (Å²) in [6.45, 7) is -0.886. The number of likely N-dealkylation sites (tertiary alicyclic amines) is 1. The number of methoxy groups -OCH3 is 1. The first-order valence-electron chi connectivity index (χ1n) is 9.24. The molecule has 1 aliphatic rings. The summed E-state index contributed by atoms with van der Waals surface area (Å²) in [6, 6.07) is 4.91. The van der Waals surface area contributed by atoms with E-state index in [2.05, 4.69) is 25.3 Å². The van der Waals surface area contributed by atoms with Crippen LogP contribution in [-0.4, -0.2) is 57.7 Å². The van der Waals surface area contributed by atoms with Gasteiger partial charge in [0.15, 0.2) is 17.5 Å². The molecule has 1 amide bonds. The number of ether oxygens (including phenoxy) is 2. The lowest BCUT2D eigenvalue weighted by Gasteiger charge is -2.34. The van der Waals surface area contributed by atoms with Gasteiger partial charge in [0.2, 0.25) is 5.91 Å². The average Bonchev–Trinajstić information content (AvgIpc) is 2.69. The van der Waals surface area contributed by atoms with E-state index in [0.29, 0.717) is 18.9 Å². The molecule has 0 spiro atoms. The summed E-state index contributed by atoms with van der Waals surface area (Å²) in [6.07, 6.45) is 2.39. The van der Waals surface area contributed by atoms with E-state index in [-0.39, 0.29) is 41.4 Å². The molecular formula is C19H29F2IN4O3. The monoisotopic (exact) mass is 526 g/mol. The van der Waals surface area contributed by atoms with Gasteiger partial charge in [-0.3, -0.25) is 9.79 Å². The quantitative estimate of drug-likeness (QED) is 0.325. The summed E-state index contributed by atoms with van der Waals surface area (Å²) in [7, 11) is 4.76. The van der Waals surface area contributed by atoms with Gasteiger partial charge in [-0.25, -0.2) is 0 Å². The smallest absolute Gasteiger partial charge is 0.387 e. The molecule has 1 fully saturated rings. The number of guanidine groups is 1. The second-order valence-electron chi connectivity index (χ2n) is 6.57. The van der Waals surface area contributed by atoms with Crippen LogP contribution >= 0.6 is 24.0 Å². The molecule has 1 aromatic rings. The summed E-state index contributed by atoms with van der Waals surface area (Å²) >= 11 is 0. The van der Waals surface area contributed by atoms with E-state index in [4.69, 9.17) is 4.74 Å². The molecule has 7 nitrogen and oxygen atoms in total. The highest BCUT2D eigenvalue weighted by Gasteiger charge is 2.23. The van der Waals surface area contributed by atoms with Gasteiger partial charge in [-0.15, -0.1) is 24.0 Å². The maximum absolute atomic E-state index is 12.6. The van der Waals surface area contributed by atoms with Gasteiger partial charge in [0.05, 0.1) is 7.11 Å². The fourth-order valence-electron chi connectivity index (χ4n) is 3.25. The van der Waals surface area contributed by atoms with Crippen molar-refractivity contribution in [1.82, 2.24) is 15.5 Å². The molecular weight excluding hydrogens is 497 g/mol. The van der Waals surface area contributed by atoms with Crippen LogP contribution in [0.2, 0.25) is 0 Å². The zero-order valence-corrected chi connectivity index (χ0v) is 19.2. The fourth-order valence-corrected chi connectivity index (χ4v) is 3.25. The van der Waals surface area contributed by atoms with E-state index in [1.807, 2.05) is 0 Å². The lowest BCUT2D eigenvalue weighted by atomic mass is 9.93. The Hall–Kier alpha value is -1.85. The van der Waals surface area contributed by atoms with Crippen molar-refractivity contribution in [1.29, 1.82) is 0 Å². The molecule has 164 valence electrons. The third-order valence-corrected chi connectivity index (χ3v) is 4.77. The number of alkyl halides is 2. The van der Waals surface area contributed by atoms with E-state index >= 15 is 0 Å². The average molecular weight is 526 g/mol. The first kappa shape index (κ1) is 25.2. The third kappa shape index (κ3) is 7.82. The van der Waals surface area contributed by atoms with Gasteiger partial charge >= 0.3 is 6.61 Å². The van der Waals surface area contributed by atoms with Crippen LogP contribution in [0.1, 0.15) is 24.8 Å². The normalized spacial score (nSPS) is 15.0. The van der Waals surface area contributed by atoms with Crippen molar-refractivity contribution in [3.05, 3.63) is 23.8 Å². The van der Waals surface area contributed by atoms with Gasteiger partial charge in [-0.2, -0.15) is 8.78 Å². The molecule has 10 heteroatoms. The number of nitrogens with zero attached hydrogens (tertiary/aromatic N) is 2. The van der Waals surface area contributed by atoms with Crippen LogP contribution in [-0.2, 0) is 11.3 Å². The number of piperidine rings is 1. The number of carbonyl (C=O) groups excluding carboxylic acids is 1. The molecule has 0 aromatic heterocycles. The van der Waals surface area contributed by atoms with Crippen molar-refractivity contribution in [3.63, 3.8) is 0 Å². The van der Waals surface area contributed by atoms with Crippen molar-refractivity contribution >= 4 is 35.8 Å². The van der Waals surface area contributed by atoms with Crippen LogP contribution < -0.4 is 20.1 Å². The molecule has 2 rings (SSSR count). The van der Waals surface area contributed by atoms with Gasteiger partial charge in [0.1, 0.15) is 0 Å². The minimum atomic E-state index is -2.92. The number of nitrogens with one attached hydrogen (secondary N) is 2. The number of carbonyl (C=O) groups is 1. The Morgan fingerprint density at radius 3 is 2.55 bits per heavy atom. The van der Waals surface area contributed by atoms with Gasteiger partial charge < -0.3 is 25.0 Å². The summed E-state index contributed by atoms with van der Waals surface area (Å²) in [5, 5.41) is 5.92. The SMILES string of the molecule is CN=C(NCc1ccc(OC)c(OC(F)F)c1)N1CCC(CC(=O)NC)CC1.I. The van der Waals surface area contributed by atoms with Crippen molar-refractivity contribution in [2.75, 3.05) is 34.3 Å². The molecule has 0 atom stereocenters. The first-order chi connectivity index (χ1) is 13.5. The number of rotatable bonds is 7. The molecule has 29 heavy (non-hydrogen) atoms. The summed E-state index contributed by atoms with van der Waals surface area (Å²) in [4.78, 5) is 18.0. The molecule has 0 radical (unpaired) electrons. The van der Waals surface area contributed by atoms with Crippen molar-refractivity contribution in [2.24, 2.45) is 10.9 Å². The molecule has 1 aromatic carbocycles. The molecule has 0 aliphatic carbocycles. The predicted molar refractivity (Wildman–Crippen MR) is 118 cm³/mol. The summed E-state index contributed by atoms with van der Waals surface area (Å²) < 4.78 is 34.7. The van der Waals surface area contributed by atoms with Gasteiger partial charge in [0, 0.05) is 40.2 Å². The van der Waals surface area contributed by atoms with E-state index < -0.39 is 6.61 Å². The second-order valence-corrected chi connectivity index (χ2v) is 6.57. The Bertz CT molecular complexity index is 683. The minimum absolute atomic E-state index is 0. The van der Waals surface area contributed by atoms with Crippen molar-refractivity contribution in [3.8, 4) is 11.5 Å². The maximum Gasteiger partial charge on any atom is 0.387 e.